The Balaban J connectivity index is 1.67. The molecule has 0 amide bonds. The van der Waals surface area contributed by atoms with Crippen LogP contribution in [0.4, 0.5) is 0 Å². The van der Waals surface area contributed by atoms with Crippen LogP contribution in [-0.2, 0) is 0 Å². The Labute approximate surface area is 144 Å². The number of benzene rings is 1. The van der Waals surface area contributed by atoms with E-state index < -0.39 is 0 Å². The van der Waals surface area contributed by atoms with Crippen LogP contribution >= 0.6 is 0 Å². The quantitative estimate of drug-likeness (QED) is 0.605. The van der Waals surface area contributed by atoms with Gasteiger partial charge < -0.3 is 0 Å². The normalized spacial score (nSPS) is 49.2. The largest absolute Gasteiger partial charge is 0.198 e. The van der Waals surface area contributed by atoms with E-state index in [2.05, 4.69) is 54.6 Å². The number of allylic oxidation sites excluding steroid dienone is 4. The summed E-state index contributed by atoms with van der Waals surface area (Å²) in [6.45, 7) is 0. The minimum atomic E-state index is -0.144. The monoisotopic (exact) mass is 313 g/mol. The van der Waals surface area contributed by atoms with Crippen LogP contribution < -0.4 is 0 Å². The highest BCUT2D eigenvalue weighted by Crippen LogP contribution is 2.76. The van der Waals surface area contributed by atoms with E-state index in [0.717, 1.165) is 5.92 Å². The molecule has 0 heterocycles. The Morgan fingerprint density at radius 2 is 1.75 bits per heavy atom. The molecule has 0 N–H and O–H groups in total. The third-order valence-corrected chi connectivity index (χ3v) is 8.15. The molecule has 8 atom stereocenters. The number of rotatable bonds is 0. The van der Waals surface area contributed by atoms with E-state index in [4.69, 9.17) is 0 Å². The molecule has 4 bridgehead atoms. The lowest BCUT2D eigenvalue weighted by molar-refractivity contribution is -0.130. The van der Waals surface area contributed by atoms with Crippen molar-refractivity contribution in [1.82, 2.24) is 0 Å². The SMILES string of the molecule is N#C[C@]12[C@H]([C@@H]3CCC=C[C@@H]31)[C@@H]1c3ccccc3[C@H]2[C@@H]2C=C[C@H]1CC2. The molecule has 8 aliphatic carbocycles. The predicted molar refractivity (Wildman–Crippen MR) is 94.2 cm³/mol. The highest BCUT2D eigenvalue weighted by molar-refractivity contribution is 5.50. The van der Waals surface area contributed by atoms with E-state index in [-0.39, 0.29) is 5.41 Å². The average molecular weight is 313 g/mol. The molecule has 1 aromatic carbocycles. The van der Waals surface area contributed by atoms with Crippen LogP contribution in [0, 0.1) is 46.3 Å². The minimum absolute atomic E-state index is 0.144. The zero-order chi connectivity index (χ0) is 15.9. The summed E-state index contributed by atoms with van der Waals surface area (Å²) in [6.07, 6.45) is 14.9. The van der Waals surface area contributed by atoms with Crippen molar-refractivity contribution in [1.29, 1.82) is 5.26 Å². The minimum Gasteiger partial charge on any atom is -0.198 e. The van der Waals surface area contributed by atoms with Gasteiger partial charge >= 0.3 is 0 Å². The van der Waals surface area contributed by atoms with Crippen LogP contribution in [0.1, 0.15) is 48.6 Å². The molecule has 2 saturated carbocycles. The van der Waals surface area contributed by atoms with Crippen molar-refractivity contribution < 1.29 is 0 Å². The molecule has 1 heteroatoms. The summed E-state index contributed by atoms with van der Waals surface area (Å²) in [4.78, 5) is 0. The van der Waals surface area contributed by atoms with Crippen LogP contribution in [0.3, 0.4) is 0 Å². The molecule has 0 spiro atoms. The lowest BCUT2D eigenvalue weighted by Crippen LogP contribution is -2.65. The summed E-state index contributed by atoms with van der Waals surface area (Å²) in [5.74, 6) is 3.99. The van der Waals surface area contributed by atoms with Crippen molar-refractivity contribution in [3.63, 3.8) is 0 Å². The lowest BCUT2D eigenvalue weighted by atomic mass is 9.32. The Morgan fingerprint density at radius 1 is 0.958 bits per heavy atom. The molecule has 24 heavy (non-hydrogen) atoms. The Kier molecular flexibility index (Phi) is 2.48. The standard InChI is InChI=1S/C23H23N/c24-13-23-19-8-4-3-7-18(19)22(23)20-14-9-11-15(12-10-14)21(23)17-6-2-1-5-16(17)20/h1-2,4-6,8-9,11,14-15,18-22H,3,7,10,12H2/t14-,15+,18+,19-,20-,21+,22+,23-/m0/s1. The van der Waals surface area contributed by atoms with Gasteiger partial charge in [0.25, 0.3) is 0 Å². The second kappa shape index (κ2) is 4.42. The van der Waals surface area contributed by atoms with Gasteiger partial charge in [-0.15, -0.1) is 0 Å². The molecule has 0 aliphatic heterocycles. The Hall–Kier alpha value is -1.81. The summed E-state index contributed by atoms with van der Waals surface area (Å²) in [6, 6.07) is 12.1. The van der Waals surface area contributed by atoms with Crippen molar-refractivity contribution in [2.24, 2.45) is 35.0 Å². The summed E-state index contributed by atoms with van der Waals surface area (Å²) in [7, 11) is 0. The van der Waals surface area contributed by atoms with Crippen LogP contribution in [0.15, 0.2) is 48.6 Å². The molecule has 1 aromatic rings. The molecular weight excluding hydrogens is 290 g/mol. The van der Waals surface area contributed by atoms with Crippen molar-refractivity contribution in [2.75, 3.05) is 0 Å². The highest BCUT2D eigenvalue weighted by atomic mass is 14.7. The average Bonchev–Trinajstić information content (AvgIpc) is 2.62. The molecule has 0 aromatic heterocycles. The molecule has 0 radical (unpaired) electrons. The van der Waals surface area contributed by atoms with Gasteiger partial charge in [0.1, 0.15) is 0 Å². The van der Waals surface area contributed by atoms with E-state index in [1.807, 2.05) is 0 Å². The fraction of sp³-hybridized carbons (Fsp3) is 0.522. The number of nitrogens with zero attached hydrogens (tertiary/aromatic N) is 1. The van der Waals surface area contributed by atoms with E-state index in [1.165, 1.54) is 31.2 Å². The van der Waals surface area contributed by atoms with Gasteiger partial charge in [-0.2, -0.15) is 5.26 Å². The van der Waals surface area contributed by atoms with Gasteiger partial charge in [0.15, 0.2) is 0 Å². The maximum atomic E-state index is 10.5. The van der Waals surface area contributed by atoms with Crippen molar-refractivity contribution in [3.05, 3.63) is 59.7 Å². The first-order valence-electron chi connectivity index (χ1n) is 9.71. The second-order valence-electron chi connectivity index (χ2n) is 8.69. The number of fused-ring (bicyclic) bond motifs is 1. The van der Waals surface area contributed by atoms with E-state index >= 15 is 0 Å². The maximum Gasteiger partial charge on any atom is 0.0750 e. The highest BCUT2D eigenvalue weighted by Gasteiger charge is 2.71. The molecule has 0 saturated heterocycles. The molecule has 120 valence electrons. The topological polar surface area (TPSA) is 23.8 Å². The van der Waals surface area contributed by atoms with Gasteiger partial charge in [-0.3, -0.25) is 0 Å². The molecule has 9 rings (SSSR count). The molecule has 8 aliphatic rings. The zero-order valence-electron chi connectivity index (χ0n) is 13.9. The summed E-state index contributed by atoms with van der Waals surface area (Å²) >= 11 is 0. The lowest BCUT2D eigenvalue weighted by Gasteiger charge is -2.69. The van der Waals surface area contributed by atoms with Crippen LogP contribution in [0.25, 0.3) is 0 Å². The van der Waals surface area contributed by atoms with Crippen LogP contribution in [0.5, 0.6) is 0 Å². The smallest absolute Gasteiger partial charge is 0.0750 e. The van der Waals surface area contributed by atoms with Gasteiger partial charge in [-0.25, -0.2) is 0 Å². The summed E-state index contributed by atoms with van der Waals surface area (Å²) in [5, 5.41) is 10.5. The molecule has 2 fully saturated rings. The Bertz CT molecular complexity index is 812. The van der Waals surface area contributed by atoms with Gasteiger partial charge in [0.05, 0.1) is 11.5 Å². The Morgan fingerprint density at radius 3 is 2.54 bits per heavy atom. The number of hydrogen-bond acceptors (Lipinski definition) is 1. The van der Waals surface area contributed by atoms with Crippen molar-refractivity contribution >= 4 is 0 Å². The maximum absolute atomic E-state index is 10.5. The van der Waals surface area contributed by atoms with Gasteiger partial charge in [0.2, 0.25) is 0 Å². The van der Waals surface area contributed by atoms with Gasteiger partial charge in [-0.1, -0.05) is 48.6 Å². The zero-order valence-corrected chi connectivity index (χ0v) is 13.9. The predicted octanol–water partition coefficient (Wildman–Crippen LogP) is 5.19. The van der Waals surface area contributed by atoms with Crippen LogP contribution in [0.2, 0.25) is 0 Å². The summed E-state index contributed by atoms with van der Waals surface area (Å²) < 4.78 is 0. The van der Waals surface area contributed by atoms with E-state index in [0.29, 0.717) is 35.5 Å². The fourth-order valence-electron chi connectivity index (χ4n) is 7.49. The fourth-order valence-corrected chi connectivity index (χ4v) is 7.49. The van der Waals surface area contributed by atoms with Crippen LogP contribution in [-0.4, -0.2) is 0 Å². The van der Waals surface area contributed by atoms with Crippen molar-refractivity contribution in [3.8, 4) is 6.07 Å². The first-order chi connectivity index (χ1) is 11.9. The first kappa shape index (κ1) is 13.5. The molecule has 1 nitrogen and oxygen atoms in total. The third-order valence-electron chi connectivity index (χ3n) is 8.15. The van der Waals surface area contributed by atoms with E-state index in [9.17, 15) is 5.26 Å². The first-order valence-corrected chi connectivity index (χ1v) is 9.71. The van der Waals surface area contributed by atoms with Gasteiger partial charge in [-0.05, 0) is 72.3 Å². The second-order valence-corrected chi connectivity index (χ2v) is 8.69. The number of hydrogen-bond donors (Lipinski definition) is 0. The summed E-state index contributed by atoms with van der Waals surface area (Å²) in [5.41, 5.74) is 2.96. The van der Waals surface area contributed by atoms with Crippen molar-refractivity contribution in [2.45, 2.75) is 37.5 Å². The van der Waals surface area contributed by atoms with Gasteiger partial charge in [0, 0.05) is 5.92 Å². The van der Waals surface area contributed by atoms with E-state index in [1.54, 1.807) is 5.56 Å². The molecule has 0 unspecified atom stereocenters. The molecular formula is C23H23N. The number of nitriles is 1. The third kappa shape index (κ3) is 1.32.